The van der Waals surface area contributed by atoms with Crippen molar-refractivity contribution >= 4 is 16.9 Å². The number of carbonyl (C=O) groups excluding carboxylic acids is 1. The van der Waals surface area contributed by atoms with Crippen molar-refractivity contribution in [2.24, 2.45) is 0 Å². The van der Waals surface area contributed by atoms with E-state index in [0.717, 1.165) is 40.7 Å². The Hall–Kier alpha value is -4.25. The van der Waals surface area contributed by atoms with Gasteiger partial charge >= 0.3 is 0 Å². The summed E-state index contributed by atoms with van der Waals surface area (Å²) in [5, 5.41) is 4.22. The summed E-state index contributed by atoms with van der Waals surface area (Å²) in [5.41, 5.74) is 6.77. The maximum atomic E-state index is 13.2. The summed E-state index contributed by atoms with van der Waals surface area (Å²) in [7, 11) is 0. The second-order valence-corrected chi connectivity index (χ2v) is 9.20. The Morgan fingerprint density at radius 3 is 2.56 bits per heavy atom. The molecule has 0 radical (unpaired) electrons. The molecule has 0 aliphatic carbocycles. The summed E-state index contributed by atoms with van der Waals surface area (Å²) >= 11 is 0. The Balaban J connectivity index is 1.44. The molecule has 180 valence electrons. The summed E-state index contributed by atoms with van der Waals surface area (Å²) in [6.07, 6.45) is 8.74. The second kappa shape index (κ2) is 11.0. The van der Waals surface area contributed by atoms with E-state index in [1.807, 2.05) is 30.5 Å². The molecule has 5 aromatic rings. The Bertz CT molecular complexity index is 1440. The van der Waals surface area contributed by atoms with Crippen LogP contribution in [0.25, 0.3) is 11.0 Å². The van der Waals surface area contributed by atoms with Crippen molar-refractivity contribution in [3.05, 3.63) is 131 Å². The molecular weight excluding hydrogens is 444 g/mol. The molecule has 0 saturated heterocycles. The summed E-state index contributed by atoms with van der Waals surface area (Å²) in [6.45, 7) is 3.42. The van der Waals surface area contributed by atoms with Crippen molar-refractivity contribution in [1.29, 1.82) is 0 Å². The van der Waals surface area contributed by atoms with Gasteiger partial charge in [-0.2, -0.15) is 0 Å². The lowest BCUT2D eigenvalue weighted by atomic mass is 9.87. The monoisotopic (exact) mass is 474 g/mol. The van der Waals surface area contributed by atoms with E-state index >= 15 is 0 Å². The Labute approximate surface area is 211 Å². The predicted molar refractivity (Wildman–Crippen MR) is 144 cm³/mol. The maximum Gasteiger partial charge on any atom is 0.220 e. The third kappa shape index (κ3) is 5.52. The van der Waals surface area contributed by atoms with Gasteiger partial charge in [0.05, 0.1) is 0 Å². The molecule has 5 heteroatoms. The zero-order valence-electron chi connectivity index (χ0n) is 20.5. The molecule has 0 fully saturated rings. The molecule has 1 atom stereocenters. The standard InChI is InChI=1S/C31H30N4O/c1-23-7-5-10-26(19-23)28(20-30(36)33-18-14-24-12-16-32-17-13-24)29-22-35(21-25-8-3-2-4-9-25)31-27(29)11-6-15-34-31/h2-13,15-17,19,22,28H,14,18,20-21H2,1H3,(H,33,36). The average molecular weight is 475 g/mol. The molecule has 3 heterocycles. The minimum absolute atomic E-state index is 0.0448. The molecule has 36 heavy (non-hydrogen) atoms. The lowest BCUT2D eigenvalue weighted by molar-refractivity contribution is -0.121. The number of hydrogen-bond acceptors (Lipinski definition) is 3. The van der Waals surface area contributed by atoms with Crippen LogP contribution in [-0.2, 0) is 17.8 Å². The number of carbonyl (C=O) groups is 1. The van der Waals surface area contributed by atoms with Gasteiger partial charge in [-0.05, 0) is 59.9 Å². The van der Waals surface area contributed by atoms with Crippen molar-refractivity contribution in [3.8, 4) is 0 Å². The number of hydrogen-bond donors (Lipinski definition) is 1. The first-order valence-corrected chi connectivity index (χ1v) is 12.4. The number of aromatic nitrogens is 3. The van der Waals surface area contributed by atoms with Gasteiger partial charge in [-0.3, -0.25) is 9.78 Å². The molecular formula is C31H30N4O. The van der Waals surface area contributed by atoms with Crippen LogP contribution in [0.1, 0.15) is 40.2 Å². The van der Waals surface area contributed by atoms with E-state index in [0.29, 0.717) is 13.0 Å². The highest BCUT2D eigenvalue weighted by atomic mass is 16.1. The molecule has 5 rings (SSSR count). The average Bonchev–Trinajstić information content (AvgIpc) is 3.26. The number of nitrogens with zero attached hydrogens (tertiary/aromatic N) is 3. The van der Waals surface area contributed by atoms with Gasteiger partial charge in [-0.1, -0.05) is 60.2 Å². The van der Waals surface area contributed by atoms with Crippen molar-refractivity contribution < 1.29 is 4.79 Å². The molecule has 1 unspecified atom stereocenters. The molecule has 5 nitrogen and oxygen atoms in total. The molecule has 2 aromatic carbocycles. The molecule has 0 aliphatic rings. The highest BCUT2D eigenvalue weighted by Gasteiger charge is 2.23. The Morgan fingerprint density at radius 1 is 0.917 bits per heavy atom. The molecule has 0 saturated carbocycles. The van der Waals surface area contributed by atoms with E-state index < -0.39 is 0 Å². The van der Waals surface area contributed by atoms with Gasteiger partial charge in [0.15, 0.2) is 0 Å². The fourth-order valence-electron chi connectivity index (χ4n) is 4.78. The van der Waals surface area contributed by atoms with Crippen LogP contribution < -0.4 is 5.32 Å². The summed E-state index contributed by atoms with van der Waals surface area (Å²) in [5.74, 6) is -0.0297. The van der Waals surface area contributed by atoms with Gasteiger partial charge in [-0.25, -0.2) is 4.98 Å². The second-order valence-electron chi connectivity index (χ2n) is 9.20. The lowest BCUT2D eigenvalue weighted by Crippen LogP contribution is -2.27. The number of aryl methyl sites for hydroxylation is 1. The molecule has 1 amide bonds. The molecule has 0 aliphatic heterocycles. The van der Waals surface area contributed by atoms with E-state index in [-0.39, 0.29) is 11.8 Å². The normalized spacial score (nSPS) is 11.9. The predicted octanol–water partition coefficient (Wildman–Crippen LogP) is 5.67. The van der Waals surface area contributed by atoms with Gasteiger partial charge in [0.2, 0.25) is 5.91 Å². The summed E-state index contributed by atoms with van der Waals surface area (Å²) in [6, 6.07) is 26.9. The van der Waals surface area contributed by atoms with Crippen LogP contribution in [0, 0.1) is 6.92 Å². The Morgan fingerprint density at radius 2 is 1.75 bits per heavy atom. The van der Waals surface area contributed by atoms with Gasteiger partial charge in [-0.15, -0.1) is 0 Å². The van der Waals surface area contributed by atoms with Gasteiger partial charge in [0.25, 0.3) is 0 Å². The minimum Gasteiger partial charge on any atom is -0.356 e. The first kappa shape index (κ1) is 23.5. The number of rotatable bonds is 9. The van der Waals surface area contributed by atoms with Crippen LogP contribution in [-0.4, -0.2) is 27.0 Å². The van der Waals surface area contributed by atoms with Crippen LogP contribution in [0.4, 0.5) is 0 Å². The third-order valence-corrected chi connectivity index (χ3v) is 6.56. The van der Waals surface area contributed by atoms with Crippen molar-refractivity contribution in [3.63, 3.8) is 0 Å². The van der Waals surface area contributed by atoms with Gasteiger partial charge < -0.3 is 9.88 Å². The lowest BCUT2D eigenvalue weighted by Gasteiger charge is -2.18. The highest BCUT2D eigenvalue weighted by molar-refractivity contribution is 5.84. The zero-order chi connectivity index (χ0) is 24.7. The zero-order valence-corrected chi connectivity index (χ0v) is 20.5. The molecule has 1 N–H and O–H groups in total. The van der Waals surface area contributed by atoms with Crippen LogP contribution >= 0.6 is 0 Å². The first-order chi connectivity index (χ1) is 17.7. The number of fused-ring (bicyclic) bond motifs is 1. The van der Waals surface area contributed by atoms with E-state index in [1.54, 1.807) is 12.4 Å². The van der Waals surface area contributed by atoms with Crippen molar-refractivity contribution in [2.75, 3.05) is 6.54 Å². The van der Waals surface area contributed by atoms with E-state index in [2.05, 4.69) is 82.6 Å². The molecule has 0 bridgehead atoms. The van der Waals surface area contributed by atoms with E-state index in [9.17, 15) is 4.79 Å². The van der Waals surface area contributed by atoms with Crippen LogP contribution in [0.15, 0.2) is 104 Å². The van der Waals surface area contributed by atoms with Crippen LogP contribution in [0.2, 0.25) is 0 Å². The fraction of sp³-hybridized carbons (Fsp3) is 0.194. The quantitative estimate of drug-likeness (QED) is 0.299. The fourth-order valence-corrected chi connectivity index (χ4v) is 4.78. The SMILES string of the molecule is Cc1cccc(C(CC(=O)NCCc2ccncc2)c2cn(Cc3ccccc3)c3ncccc23)c1. The van der Waals surface area contributed by atoms with Gasteiger partial charge in [0.1, 0.15) is 5.65 Å². The molecule has 3 aromatic heterocycles. The number of pyridine rings is 2. The van der Waals surface area contributed by atoms with Crippen molar-refractivity contribution in [2.45, 2.75) is 32.2 Å². The third-order valence-electron chi connectivity index (χ3n) is 6.56. The summed E-state index contributed by atoms with van der Waals surface area (Å²) in [4.78, 5) is 21.9. The highest BCUT2D eigenvalue weighted by Crippen LogP contribution is 2.34. The smallest absolute Gasteiger partial charge is 0.220 e. The largest absolute Gasteiger partial charge is 0.356 e. The topological polar surface area (TPSA) is 59.8 Å². The first-order valence-electron chi connectivity index (χ1n) is 12.4. The number of benzene rings is 2. The van der Waals surface area contributed by atoms with E-state index in [1.165, 1.54) is 11.1 Å². The van der Waals surface area contributed by atoms with Crippen molar-refractivity contribution in [1.82, 2.24) is 19.9 Å². The van der Waals surface area contributed by atoms with Crippen LogP contribution in [0.3, 0.4) is 0 Å². The summed E-state index contributed by atoms with van der Waals surface area (Å²) < 4.78 is 2.20. The van der Waals surface area contributed by atoms with E-state index in [4.69, 9.17) is 4.98 Å². The number of amides is 1. The molecule has 0 spiro atoms. The number of nitrogens with one attached hydrogen (secondary N) is 1. The van der Waals surface area contributed by atoms with Gasteiger partial charge in [0, 0.05) is 55.6 Å². The van der Waals surface area contributed by atoms with Crippen LogP contribution in [0.5, 0.6) is 0 Å². The minimum atomic E-state index is -0.0745. The Kier molecular flexibility index (Phi) is 7.17. The maximum absolute atomic E-state index is 13.2.